The topological polar surface area (TPSA) is 24.9 Å². The Balaban J connectivity index is 2.23. The van der Waals surface area contributed by atoms with Gasteiger partial charge in [-0.3, -0.25) is 0 Å². The molecule has 0 amide bonds. The molecule has 1 aromatic carbocycles. The first kappa shape index (κ1) is 15.5. The lowest BCUT2D eigenvalue weighted by Crippen LogP contribution is -2.14. The van der Waals surface area contributed by atoms with E-state index in [9.17, 15) is 4.39 Å². The highest BCUT2D eigenvalue weighted by atomic mass is 79.9. The molecule has 0 aliphatic rings. The van der Waals surface area contributed by atoms with Crippen molar-refractivity contribution < 1.29 is 4.39 Å². The van der Waals surface area contributed by atoms with Crippen molar-refractivity contribution >= 4 is 27.7 Å². The van der Waals surface area contributed by atoms with Crippen LogP contribution >= 0.6 is 27.7 Å². The Labute approximate surface area is 131 Å². The number of benzene rings is 1. The second-order valence-corrected chi connectivity index (χ2v) is 6.15. The van der Waals surface area contributed by atoms with Crippen molar-refractivity contribution in [3.63, 3.8) is 0 Å². The van der Waals surface area contributed by atoms with E-state index in [0.717, 1.165) is 28.0 Å². The summed E-state index contributed by atoms with van der Waals surface area (Å²) in [5.74, 6) is -0.205. The van der Waals surface area contributed by atoms with Gasteiger partial charge in [0.05, 0.1) is 9.37 Å². The highest BCUT2D eigenvalue weighted by molar-refractivity contribution is 9.10. The predicted molar refractivity (Wildman–Crippen MR) is 84.5 cm³/mol. The van der Waals surface area contributed by atoms with E-state index in [4.69, 9.17) is 0 Å². The Hall–Kier alpha value is -0.910. The van der Waals surface area contributed by atoms with Crippen LogP contribution in [-0.4, -0.2) is 11.5 Å². The van der Waals surface area contributed by atoms with E-state index in [1.807, 2.05) is 18.2 Å². The van der Waals surface area contributed by atoms with E-state index in [1.54, 1.807) is 12.3 Å². The number of nitrogens with zero attached hydrogens (tertiary/aromatic N) is 1. The average molecular weight is 355 g/mol. The minimum Gasteiger partial charge on any atom is -0.313 e. The number of rotatable bonds is 6. The number of hydrogen-bond donors (Lipinski definition) is 1. The smallest absolute Gasteiger partial charge is 0.137 e. The molecule has 1 heterocycles. The third-order valence-electron chi connectivity index (χ3n) is 2.71. The SMILES string of the molecule is CCCNCc1cccc(F)c1Sc1ncccc1Br. The number of hydrogen-bond acceptors (Lipinski definition) is 3. The fourth-order valence-electron chi connectivity index (χ4n) is 1.75. The Morgan fingerprint density at radius 3 is 2.90 bits per heavy atom. The van der Waals surface area contributed by atoms with Crippen LogP contribution in [0.5, 0.6) is 0 Å². The molecule has 2 aromatic rings. The summed E-state index contributed by atoms with van der Waals surface area (Å²) in [7, 11) is 0. The molecule has 1 N–H and O–H groups in total. The molecular formula is C15H16BrFN2S. The highest BCUT2D eigenvalue weighted by Crippen LogP contribution is 2.35. The zero-order valence-electron chi connectivity index (χ0n) is 11.2. The Kier molecular flexibility index (Phi) is 6.01. The maximum atomic E-state index is 14.1. The van der Waals surface area contributed by atoms with Crippen molar-refractivity contribution in [2.45, 2.75) is 29.8 Å². The lowest BCUT2D eigenvalue weighted by Gasteiger charge is -2.11. The minimum absolute atomic E-state index is 0.205. The monoisotopic (exact) mass is 354 g/mol. The number of pyridine rings is 1. The molecule has 2 rings (SSSR count). The van der Waals surface area contributed by atoms with Gasteiger partial charge in [0.2, 0.25) is 0 Å². The molecule has 0 unspecified atom stereocenters. The van der Waals surface area contributed by atoms with Crippen molar-refractivity contribution in [3.8, 4) is 0 Å². The van der Waals surface area contributed by atoms with Gasteiger partial charge in [-0.05, 0) is 52.7 Å². The molecule has 106 valence electrons. The molecule has 20 heavy (non-hydrogen) atoms. The zero-order chi connectivity index (χ0) is 14.4. The van der Waals surface area contributed by atoms with Gasteiger partial charge in [-0.15, -0.1) is 0 Å². The Morgan fingerprint density at radius 2 is 2.15 bits per heavy atom. The third kappa shape index (κ3) is 4.04. The van der Waals surface area contributed by atoms with Crippen LogP contribution in [0.25, 0.3) is 0 Å². The van der Waals surface area contributed by atoms with Gasteiger partial charge in [0.1, 0.15) is 10.8 Å². The first-order chi connectivity index (χ1) is 9.72. The molecule has 0 aliphatic carbocycles. The van der Waals surface area contributed by atoms with Crippen molar-refractivity contribution in [3.05, 3.63) is 52.4 Å². The van der Waals surface area contributed by atoms with E-state index >= 15 is 0 Å². The van der Waals surface area contributed by atoms with Gasteiger partial charge >= 0.3 is 0 Å². The Morgan fingerprint density at radius 1 is 1.30 bits per heavy atom. The normalized spacial score (nSPS) is 10.8. The van der Waals surface area contributed by atoms with E-state index in [1.165, 1.54) is 17.8 Å². The summed E-state index contributed by atoms with van der Waals surface area (Å²) in [5, 5.41) is 4.08. The van der Waals surface area contributed by atoms with Crippen LogP contribution in [0.4, 0.5) is 4.39 Å². The molecular weight excluding hydrogens is 339 g/mol. The van der Waals surface area contributed by atoms with Gasteiger partial charge in [0, 0.05) is 12.7 Å². The fourth-order valence-corrected chi connectivity index (χ4v) is 3.16. The minimum atomic E-state index is -0.205. The molecule has 0 bridgehead atoms. The molecule has 0 saturated carbocycles. The molecule has 0 atom stereocenters. The number of halogens is 2. The van der Waals surface area contributed by atoms with Crippen LogP contribution < -0.4 is 5.32 Å². The van der Waals surface area contributed by atoms with Crippen LogP contribution in [0.1, 0.15) is 18.9 Å². The highest BCUT2D eigenvalue weighted by Gasteiger charge is 2.12. The van der Waals surface area contributed by atoms with Crippen LogP contribution in [0.15, 0.2) is 50.9 Å². The van der Waals surface area contributed by atoms with Crippen molar-refractivity contribution in [2.75, 3.05) is 6.54 Å². The summed E-state index contributed by atoms with van der Waals surface area (Å²) < 4.78 is 15.0. The fraction of sp³-hybridized carbons (Fsp3) is 0.267. The molecule has 5 heteroatoms. The second kappa shape index (κ2) is 7.76. The van der Waals surface area contributed by atoms with E-state index in [-0.39, 0.29) is 5.82 Å². The van der Waals surface area contributed by atoms with Gasteiger partial charge < -0.3 is 5.32 Å². The van der Waals surface area contributed by atoms with Crippen molar-refractivity contribution in [1.82, 2.24) is 10.3 Å². The second-order valence-electron chi connectivity index (χ2n) is 4.30. The third-order valence-corrected chi connectivity index (χ3v) is 4.80. The van der Waals surface area contributed by atoms with Gasteiger partial charge in [-0.1, -0.05) is 30.8 Å². The Bertz CT molecular complexity index is 578. The summed E-state index contributed by atoms with van der Waals surface area (Å²) in [4.78, 5) is 4.92. The largest absolute Gasteiger partial charge is 0.313 e. The molecule has 0 spiro atoms. The molecule has 0 saturated heterocycles. The van der Waals surface area contributed by atoms with Crippen LogP contribution in [-0.2, 0) is 6.54 Å². The summed E-state index contributed by atoms with van der Waals surface area (Å²) in [6.07, 6.45) is 2.77. The average Bonchev–Trinajstić information content (AvgIpc) is 2.44. The van der Waals surface area contributed by atoms with Crippen LogP contribution in [0.3, 0.4) is 0 Å². The van der Waals surface area contributed by atoms with Gasteiger partial charge in [-0.25, -0.2) is 9.37 Å². The molecule has 0 radical (unpaired) electrons. The van der Waals surface area contributed by atoms with Gasteiger partial charge in [-0.2, -0.15) is 0 Å². The maximum absolute atomic E-state index is 14.1. The van der Waals surface area contributed by atoms with E-state index in [0.29, 0.717) is 11.4 Å². The summed E-state index contributed by atoms with van der Waals surface area (Å²) in [6.45, 7) is 3.70. The summed E-state index contributed by atoms with van der Waals surface area (Å²) >= 11 is 4.80. The summed E-state index contributed by atoms with van der Waals surface area (Å²) in [6, 6.07) is 8.94. The number of aromatic nitrogens is 1. The first-order valence-electron chi connectivity index (χ1n) is 6.49. The molecule has 0 fully saturated rings. The standard InChI is InChI=1S/C15H16BrFN2S/c1-2-8-18-10-11-5-3-7-13(17)14(11)20-15-12(16)6-4-9-19-15/h3-7,9,18H,2,8,10H2,1H3. The lowest BCUT2D eigenvalue weighted by molar-refractivity contribution is 0.588. The molecule has 2 nitrogen and oxygen atoms in total. The molecule has 0 aliphatic heterocycles. The van der Waals surface area contributed by atoms with Gasteiger partial charge in [0.15, 0.2) is 0 Å². The predicted octanol–water partition coefficient (Wildman–Crippen LogP) is 4.63. The zero-order valence-corrected chi connectivity index (χ0v) is 13.6. The quantitative estimate of drug-likeness (QED) is 0.765. The van der Waals surface area contributed by atoms with Crippen LogP contribution in [0, 0.1) is 5.82 Å². The lowest BCUT2D eigenvalue weighted by atomic mass is 10.2. The van der Waals surface area contributed by atoms with E-state index in [2.05, 4.69) is 33.2 Å². The summed E-state index contributed by atoms with van der Waals surface area (Å²) in [5.41, 5.74) is 0.959. The van der Waals surface area contributed by atoms with E-state index < -0.39 is 0 Å². The van der Waals surface area contributed by atoms with Gasteiger partial charge in [0.25, 0.3) is 0 Å². The maximum Gasteiger partial charge on any atom is 0.137 e. The number of nitrogens with one attached hydrogen (secondary N) is 1. The van der Waals surface area contributed by atoms with Crippen molar-refractivity contribution in [1.29, 1.82) is 0 Å². The first-order valence-corrected chi connectivity index (χ1v) is 8.09. The van der Waals surface area contributed by atoms with Crippen LogP contribution in [0.2, 0.25) is 0 Å². The van der Waals surface area contributed by atoms with Crippen molar-refractivity contribution in [2.24, 2.45) is 0 Å². The molecule has 1 aromatic heterocycles.